The minimum atomic E-state index is -1.19. The molecule has 0 spiro atoms. The summed E-state index contributed by atoms with van der Waals surface area (Å²) in [5, 5.41) is 42.3. The van der Waals surface area contributed by atoms with Crippen molar-refractivity contribution in [2.75, 3.05) is 34.0 Å². The predicted molar refractivity (Wildman–Crippen MR) is 260 cm³/mol. The van der Waals surface area contributed by atoms with Crippen LogP contribution in [-0.4, -0.2) is 128 Å². The first-order valence-electron chi connectivity index (χ1n) is 25.5. The summed E-state index contributed by atoms with van der Waals surface area (Å²) in [6.07, 6.45) is 16.4. The Labute approximate surface area is 399 Å². The summed E-state index contributed by atoms with van der Waals surface area (Å²) in [5.41, 5.74) is 7.11. The van der Waals surface area contributed by atoms with Crippen LogP contribution in [0.3, 0.4) is 0 Å². The minimum Gasteiger partial charge on any atom is -0.393 e. The van der Waals surface area contributed by atoms with Crippen molar-refractivity contribution in [2.24, 2.45) is 52.1 Å². The molecule has 6 fully saturated rings. The van der Waals surface area contributed by atoms with Gasteiger partial charge in [0.05, 0.1) is 25.4 Å². The lowest BCUT2D eigenvalue weighted by atomic mass is 9.44. The van der Waals surface area contributed by atoms with Crippen LogP contribution in [-0.2, 0) is 38.0 Å². The van der Waals surface area contributed by atoms with Crippen molar-refractivity contribution in [2.45, 2.75) is 208 Å². The molecular weight excluding hydrogens is 843 g/mol. The van der Waals surface area contributed by atoms with Crippen molar-refractivity contribution in [3.05, 3.63) is 36.0 Å². The van der Waals surface area contributed by atoms with Crippen LogP contribution in [0.2, 0.25) is 0 Å². The highest BCUT2D eigenvalue weighted by Gasteiger charge is 2.63. The molecule has 0 aromatic heterocycles. The highest BCUT2D eigenvalue weighted by Crippen LogP contribution is 2.68. The second-order valence-corrected chi connectivity index (χ2v) is 19.3. The smallest absolute Gasteiger partial charge is 0.187 e. The van der Waals surface area contributed by atoms with Crippen molar-refractivity contribution in [3.8, 4) is 0 Å². The Kier molecular flexibility index (Phi) is 28.0. The maximum Gasteiger partial charge on any atom is 0.187 e. The topological polar surface area (TPSA) is 196 Å². The monoisotopic (exact) mass is 938 g/mol. The Morgan fingerprint density at radius 3 is 1.98 bits per heavy atom. The SMILES string of the molecule is CC.CC.CC=O.CO[C@H]1C(OC2C(O)COC(OC3CC4C5CCC6CC(O)CCC6(C)[C@H]5CCC4(C)C3CCCCC(C)CN)[C@@H]2OC)OCC(O)C1O.C\C=C/C=C\C(C=O)=C/C. The Hall–Kier alpha value is -1.88. The number of rotatable bonds is 15. The number of methoxy groups -OCH3 is 2. The molecule has 13 nitrogen and oxygen atoms in total. The molecule has 2 aliphatic heterocycles. The molecule has 2 saturated heterocycles. The van der Waals surface area contributed by atoms with E-state index in [-0.39, 0.29) is 30.8 Å². The molecule has 66 heavy (non-hydrogen) atoms. The molecule has 0 radical (unpaired) electrons. The van der Waals surface area contributed by atoms with E-state index < -0.39 is 49.2 Å². The number of ether oxygens (including phenoxy) is 6. The lowest BCUT2D eigenvalue weighted by Crippen LogP contribution is -2.61. The van der Waals surface area contributed by atoms with E-state index in [1.807, 2.05) is 59.8 Å². The summed E-state index contributed by atoms with van der Waals surface area (Å²) in [7, 11) is 3.00. The summed E-state index contributed by atoms with van der Waals surface area (Å²) in [6.45, 7) is 21.1. The molecule has 6 aliphatic rings. The van der Waals surface area contributed by atoms with Crippen molar-refractivity contribution < 1.29 is 58.4 Å². The molecule has 0 amide bonds. The standard InChI is InChI=1S/C38H67NO10.C9H12O.C2H4O.2C2H6/c1-21(18-39)8-6-7-9-26-30(17-27-24-11-10-22-16-23(40)12-14-37(22,2)25(24)13-15-38(26,27)3)48-36-34(45-5)32(29(42)20-47-36)49-35-33(44-4)31(43)28(41)19-46-35;1-3-5-6-7-9(4-2)8-10;1-2-3;2*1-2/h21-36,40-43H,6-20,39H2,1-5H3;3-8H,1-2H3;2H,1H3;2*1-2H3/b;5-3-,7-6-,9-4+;;;/t21?,22?,23?,24?,25-,26?,27?,28?,29?,30?,31?,32?,33+,34+,35?,36?,37?,38?;;;;/m0..../s1. The number of unbranched alkanes of at least 4 members (excludes halogenated alkanes) is 1. The Morgan fingerprint density at radius 1 is 0.773 bits per heavy atom. The van der Waals surface area contributed by atoms with Crippen molar-refractivity contribution in [1.29, 1.82) is 0 Å². The molecule has 6 rings (SSSR count). The Balaban J connectivity index is 0.000000759. The summed E-state index contributed by atoms with van der Waals surface area (Å²) < 4.78 is 36.7. The van der Waals surface area contributed by atoms with E-state index >= 15 is 0 Å². The van der Waals surface area contributed by atoms with Gasteiger partial charge in [-0.2, -0.15) is 0 Å². The number of carbonyl (C=O) groups is 2. The zero-order valence-electron chi connectivity index (χ0n) is 43.0. The number of hydrogen-bond donors (Lipinski definition) is 5. The normalized spacial score (nSPS) is 40.0. The van der Waals surface area contributed by atoms with Gasteiger partial charge in [0, 0.05) is 19.8 Å². The largest absolute Gasteiger partial charge is 0.393 e. The Bertz CT molecular complexity index is 1440. The van der Waals surface area contributed by atoms with Crippen LogP contribution in [0.4, 0.5) is 0 Å². The van der Waals surface area contributed by atoms with Crippen molar-refractivity contribution in [3.63, 3.8) is 0 Å². The van der Waals surface area contributed by atoms with E-state index in [1.165, 1.54) is 39.7 Å². The summed E-state index contributed by atoms with van der Waals surface area (Å²) in [5.74, 6) is 3.41. The third kappa shape index (κ3) is 15.3. The zero-order valence-corrected chi connectivity index (χ0v) is 43.0. The lowest BCUT2D eigenvalue weighted by Gasteiger charge is -2.61. The zero-order chi connectivity index (χ0) is 49.6. The third-order valence-electron chi connectivity index (χ3n) is 15.8. The molecule has 4 saturated carbocycles. The maximum absolute atomic E-state index is 11.1. The van der Waals surface area contributed by atoms with Gasteiger partial charge in [0.15, 0.2) is 12.6 Å². The van der Waals surface area contributed by atoms with Crippen LogP contribution >= 0.6 is 0 Å². The summed E-state index contributed by atoms with van der Waals surface area (Å²) >= 11 is 0. The Morgan fingerprint density at radius 2 is 1.39 bits per heavy atom. The number of nitrogens with two attached hydrogens (primary N) is 1. The van der Waals surface area contributed by atoms with E-state index in [0.717, 1.165) is 70.5 Å². The van der Waals surface area contributed by atoms with E-state index in [2.05, 4.69) is 20.8 Å². The van der Waals surface area contributed by atoms with Gasteiger partial charge in [-0.05, 0) is 138 Å². The quantitative estimate of drug-likeness (QED) is 0.0461. The van der Waals surface area contributed by atoms with Gasteiger partial charge in [-0.3, -0.25) is 4.79 Å². The second-order valence-electron chi connectivity index (χ2n) is 19.3. The van der Waals surface area contributed by atoms with Gasteiger partial charge in [-0.15, -0.1) is 0 Å². The molecule has 0 aromatic rings. The molecule has 2 heterocycles. The first kappa shape index (κ1) is 60.2. The number of allylic oxidation sites excluding steroid dienone is 6. The molecule has 0 bridgehead atoms. The van der Waals surface area contributed by atoms with E-state index in [9.17, 15) is 25.2 Å². The number of aldehydes is 2. The maximum atomic E-state index is 11.1. The average molecular weight is 938 g/mol. The summed E-state index contributed by atoms with van der Waals surface area (Å²) in [6, 6.07) is 0. The summed E-state index contributed by atoms with van der Waals surface area (Å²) in [4.78, 5) is 19.0. The van der Waals surface area contributed by atoms with Gasteiger partial charge >= 0.3 is 0 Å². The first-order valence-corrected chi connectivity index (χ1v) is 25.5. The van der Waals surface area contributed by atoms with Crippen LogP contribution in [0.15, 0.2) is 36.0 Å². The highest BCUT2D eigenvalue weighted by molar-refractivity contribution is 5.77. The molecule has 15 unspecified atom stereocenters. The van der Waals surface area contributed by atoms with Gasteiger partial charge in [0.25, 0.3) is 0 Å². The van der Waals surface area contributed by atoms with Gasteiger partial charge in [0.2, 0.25) is 0 Å². The minimum absolute atomic E-state index is 0.0100. The van der Waals surface area contributed by atoms with Crippen LogP contribution in [0.25, 0.3) is 0 Å². The van der Waals surface area contributed by atoms with Gasteiger partial charge < -0.3 is 59.4 Å². The van der Waals surface area contributed by atoms with Gasteiger partial charge in [-0.1, -0.05) is 91.7 Å². The molecule has 384 valence electrons. The van der Waals surface area contributed by atoms with Crippen LogP contribution in [0.5, 0.6) is 0 Å². The van der Waals surface area contributed by atoms with Crippen LogP contribution in [0.1, 0.15) is 146 Å². The molecule has 4 aliphatic carbocycles. The fourth-order valence-corrected chi connectivity index (χ4v) is 12.2. The molecular formula is C53H95NO12. The third-order valence-corrected chi connectivity index (χ3v) is 15.8. The van der Waals surface area contributed by atoms with Crippen molar-refractivity contribution >= 4 is 12.6 Å². The average Bonchev–Trinajstić information content (AvgIpc) is 3.61. The van der Waals surface area contributed by atoms with Gasteiger partial charge in [0.1, 0.15) is 49.2 Å². The predicted octanol–water partition coefficient (Wildman–Crippen LogP) is 7.89. The first-order chi connectivity index (χ1) is 31.7. The van der Waals surface area contributed by atoms with E-state index in [1.54, 1.807) is 19.3 Å². The number of aliphatic hydroxyl groups excluding tert-OH is 4. The number of hydrogen-bond acceptors (Lipinski definition) is 13. The molecule has 6 N–H and O–H groups in total. The van der Waals surface area contributed by atoms with Crippen LogP contribution in [0, 0.1) is 46.3 Å². The number of carbonyl (C=O) groups excluding carboxylic acids is 2. The molecule has 13 heteroatoms. The van der Waals surface area contributed by atoms with Gasteiger partial charge in [-0.25, -0.2) is 0 Å². The highest BCUT2D eigenvalue weighted by atomic mass is 16.7. The fourth-order valence-electron chi connectivity index (χ4n) is 12.2. The second kappa shape index (κ2) is 30.7. The van der Waals surface area contributed by atoms with Crippen molar-refractivity contribution in [1.82, 2.24) is 0 Å². The van der Waals surface area contributed by atoms with E-state index in [0.29, 0.717) is 46.5 Å². The van der Waals surface area contributed by atoms with Crippen LogP contribution < -0.4 is 5.73 Å². The number of fused-ring (bicyclic) bond motifs is 5. The number of aliphatic hydroxyl groups is 4. The molecule has 0 aromatic carbocycles. The lowest BCUT2D eigenvalue weighted by molar-refractivity contribution is -0.344. The molecule has 18 atom stereocenters. The fraction of sp³-hybridized carbons (Fsp3) is 0.849. The van der Waals surface area contributed by atoms with E-state index in [4.69, 9.17) is 38.9 Å².